The van der Waals surface area contributed by atoms with Gasteiger partial charge >= 0.3 is 0 Å². The van der Waals surface area contributed by atoms with Crippen molar-refractivity contribution >= 4 is 37.8 Å². The minimum absolute atomic E-state index is 0.0902. The van der Waals surface area contributed by atoms with E-state index in [0.29, 0.717) is 0 Å². The van der Waals surface area contributed by atoms with Crippen molar-refractivity contribution in [1.82, 2.24) is 15.4 Å². The van der Waals surface area contributed by atoms with E-state index in [1.165, 1.54) is 0 Å². The van der Waals surface area contributed by atoms with E-state index in [4.69, 9.17) is 5.73 Å². The molecule has 9 heteroatoms. The van der Waals surface area contributed by atoms with Gasteiger partial charge in [-0.2, -0.15) is 15.4 Å². The molecule has 0 saturated carbocycles. The number of carbonyl (C=O) groups is 1. The van der Waals surface area contributed by atoms with Gasteiger partial charge in [-0.25, -0.2) is 8.78 Å². The third-order valence-corrected chi connectivity index (χ3v) is 3.48. The Morgan fingerprint density at radius 1 is 1.33 bits per heavy atom. The zero-order valence-electron chi connectivity index (χ0n) is 8.47. The van der Waals surface area contributed by atoms with E-state index < -0.39 is 17.5 Å². The van der Waals surface area contributed by atoms with E-state index in [0.717, 1.165) is 6.07 Å². The summed E-state index contributed by atoms with van der Waals surface area (Å²) in [4.78, 5) is 11.1. The quantitative estimate of drug-likeness (QED) is 0.618. The summed E-state index contributed by atoms with van der Waals surface area (Å²) in [5.41, 5.74) is 4.65. The van der Waals surface area contributed by atoms with Crippen molar-refractivity contribution < 1.29 is 13.6 Å². The smallest absolute Gasteiger partial charge is 0.271 e. The Morgan fingerprint density at radius 2 is 2.00 bits per heavy atom. The van der Waals surface area contributed by atoms with Gasteiger partial charge in [0, 0.05) is 4.47 Å². The Bertz CT molecular complexity index is 644. The summed E-state index contributed by atoms with van der Waals surface area (Å²) in [5, 5.41) is 9.34. The Hall–Kier alpha value is -1.35. The van der Waals surface area contributed by atoms with Crippen LogP contribution >= 0.6 is 31.9 Å². The molecule has 1 heterocycles. The number of nitrogens with two attached hydrogens (primary N) is 1. The minimum atomic E-state index is -0.904. The Balaban J connectivity index is 2.75. The van der Waals surface area contributed by atoms with Gasteiger partial charge in [0.1, 0.15) is 11.5 Å². The second-order valence-electron chi connectivity index (χ2n) is 3.23. The molecule has 1 amide bonds. The van der Waals surface area contributed by atoms with Gasteiger partial charge in [0.25, 0.3) is 5.91 Å². The first-order valence-electron chi connectivity index (χ1n) is 4.47. The van der Waals surface area contributed by atoms with Crippen molar-refractivity contribution in [2.45, 2.75) is 0 Å². The first-order chi connectivity index (χ1) is 8.43. The molecule has 0 spiro atoms. The summed E-state index contributed by atoms with van der Waals surface area (Å²) in [6, 6.07) is 1.04. The third-order valence-electron chi connectivity index (χ3n) is 2.13. The molecule has 2 aromatic rings. The summed E-state index contributed by atoms with van der Waals surface area (Å²) in [5.74, 6) is -2.56. The van der Waals surface area contributed by atoms with Gasteiger partial charge in [-0.05, 0) is 37.9 Å². The molecule has 0 atom stereocenters. The molecule has 0 aliphatic rings. The van der Waals surface area contributed by atoms with Crippen LogP contribution in [0.4, 0.5) is 8.78 Å². The summed E-state index contributed by atoms with van der Waals surface area (Å²) < 4.78 is 27.0. The molecule has 3 N–H and O–H groups in total. The van der Waals surface area contributed by atoms with Crippen LogP contribution in [0.25, 0.3) is 11.3 Å². The van der Waals surface area contributed by atoms with Crippen molar-refractivity contribution in [2.24, 2.45) is 5.73 Å². The lowest BCUT2D eigenvalue weighted by Gasteiger charge is -2.06. The molecule has 0 fully saturated rings. The zero-order valence-corrected chi connectivity index (χ0v) is 11.6. The lowest BCUT2D eigenvalue weighted by Crippen LogP contribution is -2.13. The molecular weight excluding hydrogens is 378 g/mol. The maximum atomic E-state index is 14.0. The molecule has 0 radical (unpaired) electrons. The third kappa shape index (κ3) is 2.03. The molecule has 0 unspecified atom stereocenters. The van der Waals surface area contributed by atoms with Crippen LogP contribution in [0.15, 0.2) is 15.0 Å². The predicted octanol–water partition coefficient (Wildman–Crippen LogP) is 2.37. The maximum Gasteiger partial charge on any atom is 0.271 e. The Kier molecular flexibility index (Phi) is 3.44. The second-order valence-corrected chi connectivity index (χ2v) is 4.88. The van der Waals surface area contributed by atoms with Crippen LogP contribution in [0.2, 0.25) is 0 Å². The number of rotatable bonds is 2. The molecule has 94 valence electrons. The number of amides is 1. The van der Waals surface area contributed by atoms with Crippen LogP contribution in [0.3, 0.4) is 0 Å². The lowest BCUT2D eigenvalue weighted by molar-refractivity contribution is 0.0996. The number of nitrogens with zero attached hydrogens (tertiary/aromatic N) is 2. The number of H-pyrrole nitrogens is 1. The lowest BCUT2D eigenvalue weighted by atomic mass is 10.1. The average Bonchev–Trinajstić information content (AvgIpc) is 2.75. The van der Waals surface area contributed by atoms with Crippen LogP contribution in [0.1, 0.15) is 10.5 Å². The molecule has 1 aromatic heterocycles. The molecule has 0 saturated heterocycles. The second kappa shape index (κ2) is 4.73. The number of halogens is 4. The van der Waals surface area contributed by atoms with E-state index in [1.54, 1.807) is 0 Å². The number of aromatic nitrogens is 3. The summed E-state index contributed by atoms with van der Waals surface area (Å²) >= 11 is 5.77. The summed E-state index contributed by atoms with van der Waals surface area (Å²) in [7, 11) is 0. The highest BCUT2D eigenvalue weighted by Gasteiger charge is 2.24. The number of aromatic amines is 1. The van der Waals surface area contributed by atoms with Crippen molar-refractivity contribution in [1.29, 1.82) is 0 Å². The first kappa shape index (κ1) is 13.1. The van der Waals surface area contributed by atoms with Crippen molar-refractivity contribution in [3.63, 3.8) is 0 Å². The van der Waals surface area contributed by atoms with E-state index in [9.17, 15) is 13.6 Å². The van der Waals surface area contributed by atoms with Gasteiger partial charge in [0.05, 0.1) is 10.0 Å². The predicted molar refractivity (Wildman–Crippen MR) is 65.7 cm³/mol. The van der Waals surface area contributed by atoms with Crippen LogP contribution in [-0.4, -0.2) is 21.3 Å². The number of benzene rings is 1. The van der Waals surface area contributed by atoms with E-state index >= 15 is 0 Å². The normalized spacial score (nSPS) is 10.7. The molecular formula is C9H4Br2F2N4O. The zero-order chi connectivity index (χ0) is 13.4. The van der Waals surface area contributed by atoms with E-state index in [-0.39, 0.29) is 25.9 Å². The van der Waals surface area contributed by atoms with Crippen molar-refractivity contribution in [2.75, 3.05) is 0 Å². The molecule has 18 heavy (non-hydrogen) atoms. The Labute approximate surface area is 116 Å². The van der Waals surface area contributed by atoms with Gasteiger partial charge in [-0.15, -0.1) is 0 Å². The highest BCUT2D eigenvalue weighted by Crippen LogP contribution is 2.36. The molecule has 1 aromatic carbocycles. The highest BCUT2D eigenvalue weighted by molar-refractivity contribution is 9.11. The fourth-order valence-electron chi connectivity index (χ4n) is 1.36. The fourth-order valence-corrected chi connectivity index (χ4v) is 2.24. The van der Waals surface area contributed by atoms with E-state index in [2.05, 4.69) is 47.3 Å². The average molecular weight is 382 g/mol. The van der Waals surface area contributed by atoms with Gasteiger partial charge in [-0.3, -0.25) is 4.79 Å². The molecule has 0 bridgehead atoms. The largest absolute Gasteiger partial charge is 0.364 e. The number of hydrogen-bond acceptors (Lipinski definition) is 3. The van der Waals surface area contributed by atoms with Gasteiger partial charge in [-0.1, -0.05) is 0 Å². The number of hydrogen-bond donors (Lipinski definition) is 2. The fraction of sp³-hybridized carbons (Fsp3) is 0. The SMILES string of the molecule is NC(=O)c1n[nH]nc1-c1c(Br)cc(F)c(Br)c1F. The number of carbonyl (C=O) groups excluding carboxylic acids is 1. The number of primary amides is 1. The first-order valence-corrected chi connectivity index (χ1v) is 6.06. The Morgan fingerprint density at radius 3 is 2.61 bits per heavy atom. The molecule has 5 nitrogen and oxygen atoms in total. The van der Waals surface area contributed by atoms with Crippen LogP contribution in [0.5, 0.6) is 0 Å². The van der Waals surface area contributed by atoms with Crippen LogP contribution in [-0.2, 0) is 0 Å². The number of nitrogens with one attached hydrogen (secondary N) is 1. The molecule has 2 rings (SSSR count). The van der Waals surface area contributed by atoms with Crippen LogP contribution in [0, 0.1) is 11.6 Å². The summed E-state index contributed by atoms with van der Waals surface area (Å²) in [6.45, 7) is 0. The monoisotopic (exact) mass is 380 g/mol. The standard InChI is InChI=1S/C9H4Br2F2N4O/c10-2-1-3(12)5(11)6(13)4(2)7-8(9(14)18)16-17-15-7/h1H,(H2,14,18)(H,15,16,17). The van der Waals surface area contributed by atoms with Gasteiger partial charge in [0.15, 0.2) is 11.5 Å². The minimum Gasteiger partial charge on any atom is -0.364 e. The van der Waals surface area contributed by atoms with Crippen molar-refractivity contribution in [3.05, 3.63) is 32.3 Å². The van der Waals surface area contributed by atoms with Crippen LogP contribution < -0.4 is 5.73 Å². The highest BCUT2D eigenvalue weighted by atomic mass is 79.9. The van der Waals surface area contributed by atoms with E-state index in [1.807, 2.05) is 0 Å². The van der Waals surface area contributed by atoms with Crippen molar-refractivity contribution in [3.8, 4) is 11.3 Å². The molecule has 0 aliphatic carbocycles. The maximum absolute atomic E-state index is 14.0. The molecule has 0 aliphatic heterocycles. The van der Waals surface area contributed by atoms with Gasteiger partial charge < -0.3 is 5.73 Å². The summed E-state index contributed by atoms with van der Waals surface area (Å²) in [6.07, 6.45) is 0. The topological polar surface area (TPSA) is 84.7 Å². The van der Waals surface area contributed by atoms with Gasteiger partial charge in [0.2, 0.25) is 0 Å².